The zero-order chi connectivity index (χ0) is 17.8. The number of hydrogen-bond acceptors (Lipinski definition) is 4. The Hall–Kier alpha value is -1.24. The second-order valence-electron chi connectivity index (χ2n) is 6.15. The van der Waals surface area contributed by atoms with E-state index in [1.165, 1.54) is 31.0 Å². The average Bonchev–Trinajstić information content (AvgIpc) is 2.98. The van der Waals surface area contributed by atoms with Crippen molar-refractivity contribution in [3.8, 4) is 0 Å². The van der Waals surface area contributed by atoms with Gasteiger partial charge in [-0.15, -0.1) is 10.2 Å². The van der Waals surface area contributed by atoms with Gasteiger partial charge in [0.1, 0.15) is 5.82 Å². The van der Waals surface area contributed by atoms with Crippen LogP contribution in [0.25, 0.3) is 0 Å². The molecule has 0 bridgehead atoms. The van der Waals surface area contributed by atoms with E-state index in [0.29, 0.717) is 21.8 Å². The van der Waals surface area contributed by atoms with E-state index in [1.807, 2.05) is 6.92 Å². The van der Waals surface area contributed by atoms with Gasteiger partial charge in [0, 0.05) is 11.1 Å². The highest BCUT2D eigenvalue weighted by Crippen LogP contribution is 2.32. The fraction of sp³-hybridized carbons (Fsp3) is 0.471. The number of rotatable bonds is 5. The Morgan fingerprint density at radius 1 is 1.28 bits per heavy atom. The first-order chi connectivity index (χ1) is 12.0. The number of hydrogen-bond donors (Lipinski definition) is 1. The molecule has 1 heterocycles. The summed E-state index contributed by atoms with van der Waals surface area (Å²) in [5.41, 5.74) is 0.518. The van der Waals surface area contributed by atoms with Crippen LogP contribution in [0, 0.1) is 6.92 Å². The number of benzene rings is 1. The number of nitrogens with zero attached hydrogens (tertiary/aromatic N) is 3. The molecule has 2 aromatic rings. The smallest absolute Gasteiger partial charge is 0.234 e. The molecule has 3 rings (SSSR count). The number of carbonyl (C=O) groups is 1. The van der Waals surface area contributed by atoms with Gasteiger partial charge in [0.05, 0.1) is 16.5 Å². The van der Waals surface area contributed by atoms with Crippen molar-refractivity contribution in [2.24, 2.45) is 0 Å². The van der Waals surface area contributed by atoms with Crippen LogP contribution in [-0.4, -0.2) is 26.4 Å². The molecule has 1 fully saturated rings. The van der Waals surface area contributed by atoms with Gasteiger partial charge in [0.25, 0.3) is 0 Å². The number of aryl methyl sites for hydroxylation is 1. The van der Waals surface area contributed by atoms with Crippen LogP contribution < -0.4 is 5.32 Å². The quantitative estimate of drug-likeness (QED) is 0.709. The fourth-order valence-corrected chi connectivity index (χ4v) is 4.31. The monoisotopic (exact) mass is 398 g/mol. The van der Waals surface area contributed by atoms with E-state index in [9.17, 15) is 4.79 Å². The summed E-state index contributed by atoms with van der Waals surface area (Å²) in [4.78, 5) is 12.3. The van der Waals surface area contributed by atoms with Crippen LogP contribution in [0.1, 0.15) is 44.0 Å². The molecule has 1 amide bonds. The molecule has 1 N–H and O–H groups in total. The van der Waals surface area contributed by atoms with Crippen molar-refractivity contribution in [2.45, 2.75) is 50.2 Å². The lowest BCUT2D eigenvalue weighted by Gasteiger charge is -2.24. The third-order valence-electron chi connectivity index (χ3n) is 4.31. The molecule has 0 atom stereocenters. The summed E-state index contributed by atoms with van der Waals surface area (Å²) in [6.45, 7) is 1.97. The Kier molecular flexibility index (Phi) is 6.25. The first kappa shape index (κ1) is 18.5. The molecule has 0 radical (unpaired) electrons. The van der Waals surface area contributed by atoms with Crippen LogP contribution >= 0.6 is 35.0 Å². The third-order valence-corrected chi connectivity index (χ3v) is 5.82. The Morgan fingerprint density at radius 3 is 2.80 bits per heavy atom. The Bertz CT molecular complexity index is 759. The lowest BCUT2D eigenvalue weighted by atomic mass is 9.95. The van der Waals surface area contributed by atoms with E-state index in [2.05, 4.69) is 20.1 Å². The van der Waals surface area contributed by atoms with Crippen LogP contribution in [0.3, 0.4) is 0 Å². The van der Waals surface area contributed by atoms with E-state index < -0.39 is 0 Å². The summed E-state index contributed by atoms with van der Waals surface area (Å²) < 4.78 is 2.18. The molecule has 134 valence electrons. The molecule has 0 saturated heterocycles. The molecular weight excluding hydrogens is 379 g/mol. The molecular formula is C17H20Cl2N4OS. The van der Waals surface area contributed by atoms with Crippen molar-refractivity contribution in [2.75, 3.05) is 11.1 Å². The first-order valence-corrected chi connectivity index (χ1v) is 10.1. The van der Waals surface area contributed by atoms with E-state index in [-0.39, 0.29) is 11.7 Å². The molecule has 1 aliphatic rings. The standard InChI is InChI=1S/C17H20Cl2N4OS/c1-11-21-22-17(23(11)13-5-3-2-4-6-13)25-10-16(24)20-15-9-12(18)7-8-14(15)19/h7-9,13H,2-6,10H2,1H3,(H,20,24). The number of halogens is 2. The predicted octanol–water partition coefficient (Wildman–Crippen LogP) is 5.13. The van der Waals surface area contributed by atoms with Crippen molar-refractivity contribution in [1.29, 1.82) is 0 Å². The van der Waals surface area contributed by atoms with Gasteiger partial charge >= 0.3 is 0 Å². The minimum atomic E-state index is -0.148. The molecule has 1 aromatic carbocycles. The van der Waals surface area contributed by atoms with Crippen LogP contribution in [0.2, 0.25) is 10.0 Å². The molecule has 1 aliphatic carbocycles. The minimum absolute atomic E-state index is 0.148. The lowest BCUT2D eigenvalue weighted by Crippen LogP contribution is -2.17. The van der Waals surface area contributed by atoms with Gasteiger partial charge in [-0.25, -0.2) is 0 Å². The van der Waals surface area contributed by atoms with Crippen LogP contribution in [-0.2, 0) is 4.79 Å². The molecule has 8 heteroatoms. The largest absolute Gasteiger partial charge is 0.324 e. The molecule has 1 aromatic heterocycles. The Balaban J connectivity index is 1.63. The summed E-state index contributed by atoms with van der Waals surface area (Å²) in [6, 6.07) is 5.43. The fourth-order valence-electron chi connectivity index (χ4n) is 3.12. The van der Waals surface area contributed by atoms with Gasteiger partial charge in [0.15, 0.2) is 5.16 Å². The average molecular weight is 399 g/mol. The van der Waals surface area contributed by atoms with Crippen molar-refractivity contribution in [3.05, 3.63) is 34.1 Å². The summed E-state index contributed by atoms with van der Waals surface area (Å²) >= 11 is 13.4. The highest BCUT2D eigenvalue weighted by atomic mass is 35.5. The second-order valence-corrected chi connectivity index (χ2v) is 7.94. The highest BCUT2D eigenvalue weighted by molar-refractivity contribution is 7.99. The van der Waals surface area contributed by atoms with E-state index in [4.69, 9.17) is 23.2 Å². The summed E-state index contributed by atoms with van der Waals surface area (Å²) in [5.74, 6) is 1.01. The van der Waals surface area contributed by atoms with Gasteiger partial charge in [-0.05, 0) is 38.0 Å². The van der Waals surface area contributed by atoms with Gasteiger partial charge in [0.2, 0.25) is 5.91 Å². The van der Waals surface area contributed by atoms with Crippen LogP contribution in [0.15, 0.2) is 23.4 Å². The second kappa shape index (κ2) is 8.43. The SMILES string of the molecule is Cc1nnc(SCC(=O)Nc2cc(Cl)ccc2Cl)n1C1CCCCC1. The molecule has 0 unspecified atom stereocenters. The van der Waals surface area contributed by atoms with Crippen molar-refractivity contribution < 1.29 is 4.79 Å². The number of thioether (sulfide) groups is 1. The highest BCUT2D eigenvalue weighted by Gasteiger charge is 2.21. The van der Waals surface area contributed by atoms with E-state index >= 15 is 0 Å². The predicted molar refractivity (Wildman–Crippen MR) is 103 cm³/mol. The summed E-state index contributed by atoms with van der Waals surface area (Å²) in [5, 5.41) is 13.0. The maximum atomic E-state index is 12.3. The molecule has 25 heavy (non-hydrogen) atoms. The van der Waals surface area contributed by atoms with Gasteiger partial charge in [-0.2, -0.15) is 0 Å². The molecule has 5 nitrogen and oxygen atoms in total. The van der Waals surface area contributed by atoms with E-state index in [1.54, 1.807) is 18.2 Å². The van der Waals surface area contributed by atoms with Crippen molar-refractivity contribution >= 4 is 46.6 Å². The maximum Gasteiger partial charge on any atom is 0.234 e. The number of aromatic nitrogens is 3. The van der Waals surface area contributed by atoms with Crippen LogP contribution in [0.5, 0.6) is 0 Å². The molecule has 0 aliphatic heterocycles. The number of carbonyl (C=O) groups excluding carboxylic acids is 1. The van der Waals surface area contributed by atoms with Gasteiger partial charge in [-0.3, -0.25) is 4.79 Å². The topological polar surface area (TPSA) is 59.8 Å². The Labute approximate surface area is 161 Å². The summed E-state index contributed by atoms with van der Waals surface area (Å²) in [6.07, 6.45) is 6.07. The Morgan fingerprint density at radius 2 is 2.04 bits per heavy atom. The van der Waals surface area contributed by atoms with E-state index in [0.717, 1.165) is 23.8 Å². The number of anilines is 1. The number of nitrogens with one attached hydrogen (secondary N) is 1. The maximum absolute atomic E-state index is 12.3. The minimum Gasteiger partial charge on any atom is -0.324 e. The van der Waals surface area contributed by atoms with Crippen LogP contribution in [0.4, 0.5) is 5.69 Å². The van der Waals surface area contributed by atoms with Crippen molar-refractivity contribution in [1.82, 2.24) is 14.8 Å². The molecule has 1 saturated carbocycles. The zero-order valence-electron chi connectivity index (χ0n) is 14.0. The molecule has 0 spiro atoms. The lowest BCUT2D eigenvalue weighted by molar-refractivity contribution is -0.113. The first-order valence-electron chi connectivity index (χ1n) is 8.34. The van der Waals surface area contributed by atoms with Crippen molar-refractivity contribution in [3.63, 3.8) is 0 Å². The normalized spacial score (nSPS) is 15.3. The number of amides is 1. The van der Waals surface area contributed by atoms with Gasteiger partial charge in [-0.1, -0.05) is 54.2 Å². The zero-order valence-corrected chi connectivity index (χ0v) is 16.3. The van der Waals surface area contributed by atoms with Gasteiger partial charge < -0.3 is 9.88 Å². The summed E-state index contributed by atoms with van der Waals surface area (Å²) in [7, 11) is 0. The third kappa shape index (κ3) is 4.68.